The van der Waals surface area contributed by atoms with Gasteiger partial charge in [-0.15, -0.1) is 0 Å². The summed E-state index contributed by atoms with van der Waals surface area (Å²) in [6, 6.07) is 19.9. The third-order valence-corrected chi connectivity index (χ3v) is 7.39. The number of aromatic hydroxyl groups is 1. The van der Waals surface area contributed by atoms with Crippen LogP contribution in [0, 0.1) is 0 Å². The van der Waals surface area contributed by atoms with Gasteiger partial charge in [0.25, 0.3) is 11.8 Å². The minimum atomic E-state index is -0.964. The van der Waals surface area contributed by atoms with Crippen LogP contribution in [0.25, 0.3) is 0 Å². The van der Waals surface area contributed by atoms with Crippen molar-refractivity contribution in [3.63, 3.8) is 0 Å². The highest BCUT2D eigenvalue weighted by molar-refractivity contribution is 6.03. The summed E-state index contributed by atoms with van der Waals surface area (Å²) in [5.74, 6) is -1.16. The van der Waals surface area contributed by atoms with Crippen LogP contribution in [0.2, 0.25) is 0 Å². The van der Waals surface area contributed by atoms with Gasteiger partial charge in [-0.05, 0) is 53.9 Å². The van der Waals surface area contributed by atoms with Crippen molar-refractivity contribution < 1.29 is 24.3 Å². The first kappa shape index (κ1) is 26.1. The number of phenols is 1. The number of likely N-dealkylation sites (tertiary alicyclic amines) is 2. The fraction of sp³-hybridized carbons (Fsp3) is 0.267. The molecule has 0 bridgehead atoms. The van der Waals surface area contributed by atoms with Gasteiger partial charge in [-0.25, -0.2) is 0 Å². The summed E-state index contributed by atoms with van der Waals surface area (Å²) in [6.07, 6.45) is 0.634. The van der Waals surface area contributed by atoms with E-state index in [1.807, 2.05) is 12.1 Å². The summed E-state index contributed by atoms with van der Waals surface area (Å²) >= 11 is 0. The van der Waals surface area contributed by atoms with Gasteiger partial charge in [-0.3, -0.25) is 19.2 Å². The third-order valence-electron chi connectivity index (χ3n) is 7.39. The zero-order valence-electron chi connectivity index (χ0n) is 21.3. The topological polar surface area (TPSA) is 133 Å². The second-order valence-electron chi connectivity index (χ2n) is 9.90. The van der Waals surface area contributed by atoms with Crippen molar-refractivity contribution in [1.29, 1.82) is 0 Å². The van der Waals surface area contributed by atoms with Gasteiger partial charge >= 0.3 is 0 Å². The van der Waals surface area contributed by atoms with Crippen LogP contribution >= 0.6 is 0 Å². The molecule has 5 rings (SSSR count). The molecule has 2 saturated heterocycles. The molecule has 0 saturated carbocycles. The highest BCUT2D eigenvalue weighted by Crippen LogP contribution is 2.31. The SMILES string of the molecule is NCc1cccc(C(=O)N[C@@H](Cc2ccc(O)cc2)C(=O)N2CCC3[C@H]2C(=O)CN3C(=O)c2ccccc2)c1. The number of ketones is 1. The van der Waals surface area contributed by atoms with Crippen LogP contribution in [0.3, 0.4) is 0 Å². The number of rotatable bonds is 7. The maximum absolute atomic E-state index is 13.9. The summed E-state index contributed by atoms with van der Waals surface area (Å²) in [4.78, 5) is 56.5. The Hall–Kier alpha value is -4.50. The summed E-state index contributed by atoms with van der Waals surface area (Å²) < 4.78 is 0. The molecule has 0 radical (unpaired) electrons. The standard InChI is InChI=1S/C30H30N4O5/c31-17-20-5-4-8-22(15-20)28(37)32-24(16-19-9-11-23(35)12-10-19)30(39)33-14-13-25-27(33)26(36)18-34(25)29(38)21-6-2-1-3-7-21/h1-12,15,24-25,27,35H,13-14,16-18,31H2,(H,32,37)/t24-,25?,27-/m0/s1. The summed E-state index contributed by atoms with van der Waals surface area (Å²) in [5.41, 5.74) is 8.11. The van der Waals surface area contributed by atoms with E-state index >= 15 is 0 Å². The quantitative estimate of drug-likeness (QED) is 0.431. The molecule has 39 heavy (non-hydrogen) atoms. The molecule has 3 amide bonds. The minimum absolute atomic E-state index is 0.0618. The Morgan fingerprint density at radius 2 is 1.64 bits per heavy atom. The van der Waals surface area contributed by atoms with E-state index in [1.54, 1.807) is 59.5 Å². The largest absolute Gasteiger partial charge is 0.508 e. The first-order chi connectivity index (χ1) is 18.9. The predicted octanol–water partition coefficient (Wildman–Crippen LogP) is 1.89. The smallest absolute Gasteiger partial charge is 0.254 e. The van der Waals surface area contributed by atoms with Gasteiger partial charge in [-0.2, -0.15) is 0 Å². The molecule has 2 aliphatic heterocycles. The van der Waals surface area contributed by atoms with Gasteiger partial charge in [0.05, 0.1) is 12.6 Å². The Bertz CT molecular complexity index is 1390. The maximum Gasteiger partial charge on any atom is 0.254 e. The van der Waals surface area contributed by atoms with Crippen molar-refractivity contribution in [2.75, 3.05) is 13.1 Å². The average molecular weight is 527 g/mol. The Kier molecular flexibility index (Phi) is 7.42. The molecule has 2 fully saturated rings. The molecule has 9 heteroatoms. The van der Waals surface area contributed by atoms with E-state index in [1.165, 1.54) is 17.0 Å². The molecular weight excluding hydrogens is 496 g/mol. The fourth-order valence-corrected chi connectivity index (χ4v) is 5.43. The van der Waals surface area contributed by atoms with E-state index in [2.05, 4.69) is 5.32 Å². The van der Waals surface area contributed by atoms with Gasteiger partial charge < -0.3 is 26.0 Å². The number of nitrogens with two attached hydrogens (primary N) is 1. The van der Waals surface area contributed by atoms with Crippen molar-refractivity contribution in [2.24, 2.45) is 5.73 Å². The summed E-state index contributed by atoms with van der Waals surface area (Å²) in [5, 5.41) is 12.5. The van der Waals surface area contributed by atoms with Gasteiger partial charge in [0.15, 0.2) is 5.78 Å². The molecule has 4 N–H and O–H groups in total. The molecule has 9 nitrogen and oxygen atoms in total. The number of amides is 3. The first-order valence-electron chi connectivity index (χ1n) is 12.9. The van der Waals surface area contributed by atoms with Crippen LogP contribution in [0.4, 0.5) is 0 Å². The lowest BCUT2D eigenvalue weighted by Crippen LogP contribution is -2.53. The van der Waals surface area contributed by atoms with Gasteiger partial charge in [-0.1, -0.05) is 42.5 Å². The number of hydrogen-bond donors (Lipinski definition) is 3. The van der Waals surface area contributed by atoms with Gasteiger partial charge in [0.1, 0.15) is 17.8 Å². The van der Waals surface area contributed by atoms with Crippen molar-refractivity contribution >= 4 is 23.5 Å². The Morgan fingerprint density at radius 1 is 0.923 bits per heavy atom. The number of carbonyl (C=O) groups excluding carboxylic acids is 4. The number of Topliss-reactive ketones (excluding diaryl/α,β-unsaturated/α-hetero) is 1. The van der Waals surface area contributed by atoms with E-state index in [-0.39, 0.29) is 42.9 Å². The highest BCUT2D eigenvalue weighted by Gasteiger charge is 2.52. The molecule has 1 unspecified atom stereocenters. The number of hydrogen-bond acceptors (Lipinski definition) is 6. The van der Waals surface area contributed by atoms with E-state index in [0.29, 0.717) is 24.1 Å². The second-order valence-corrected chi connectivity index (χ2v) is 9.90. The van der Waals surface area contributed by atoms with Crippen LogP contribution < -0.4 is 11.1 Å². The van der Waals surface area contributed by atoms with Crippen LogP contribution in [0.1, 0.15) is 38.3 Å². The molecule has 3 atom stereocenters. The number of nitrogens with one attached hydrogen (secondary N) is 1. The van der Waals surface area contributed by atoms with Crippen LogP contribution in [-0.4, -0.2) is 69.6 Å². The molecule has 2 aliphatic rings. The molecule has 3 aromatic carbocycles. The molecular formula is C30H30N4O5. The lowest BCUT2D eigenvalue weighted by molar-refractivity contribution is -0.138. The molecule has 2 heterocycles. The van der Waals surface area contributed by atoms with Gasteiger partial charge in [0.2, 0.25) is 5.91 Å². The number of fused-ring (bicyclic) bond motifs is 1. The first-order valence-corrected chi connectivity index (χ1v) is 12.9. The van der Waals surface area contributed by atoms with Gasteiger partial charge in [0, 0.05) is 30.6 Å². The molecule has 0 aliphatic carbocycles. The Balaban J connectivity index is 1.38. The van der Waals surface area contributed by atoms with E-state index in [0.717, 1.165) is 11.1 Å². The third kappa shape index (κ3) is 5.39. The lowest BCUT2D eigenvalue weighted by atomic mass is 10.0. The number of phenolic OH excluding ortho intramolecular Hbond substituents is 1. The molecule has 200 valence electrons. The number of benzene rings is 3. The van der Waals surface area contributed by atoms with Crippen molar-refractivity contribution in [3.05, 3.63) is 101 Å². The number of carbonyl (C=O) groups is 4. The predicted molar refractivity (Wildman–Crippen MR) is 144 cm³/mol. The number of nitrogens with zero attached hydrogens (tertiary/aromatic N) is 2. The Labute approximate surface area is 226 Å². The zero-order chi connectivity index (χ0) is 27.5. The average Bonchev–Trinajstić information content (AvgIpc) is 3.54. The minimum Gasteiger partial charge on any atom is -0.508 e. The summed E-state index contributed by atoms with van der Waals surface area (Å²) in [6.45, 7) is 0.505. The van der Waals surface area contributed by atoms with E-state index in [4.69, 9.17) is 5.73 Å². The zero-order valence-corrected chi connectivity index (χ0v) is 21.3. The lowest BCUT2D eigenvalue weighted by Gasteiger charge is -2.28. The van der Waals surface area contributed by atoms with Crippen LogP contribution in [-0.2, 0) is 22.6 Å². The monoisotopic (exact) mass is 526 g/mol. The van der Waals surface area contributed by atoms with Crippen LogP contribution in [0.5, 0.6) is 5.75 Å². The van der Waals surface area contributed by atoms with Crippen LogP contribution in [0.15, 0.2) is 78.9 Å². The van der Waals surface area contributed by atoms with Crippen molar-refractivity contribution in [3.8, 4) is 5.75 Å². The second kappa shape index (κ2) is 11.1. The van der Waals surface area contributed by atoms with E-state index in [9.17, 15) is 24.3 Å². The normalized spacial score (nSPS) is 19.1. The van der Waals surface area contributed by atoms with E-state index < -0.39 is 24.0 Å². The molecule has 0 aromatic heterocycles. The molecule has 3 aromatic rings. The maximum atomic E-state index is 13.9. The molecule has 0 spiro atoms. The fourth-order valence-electron chi connectivity index (χ4n) is 5.43. The van der Waals surface area contributed by atoms with Crippen molar-refractivity contribution in [1.82, 2.24) is 15.1 Å². The summed E-state index contributed by atoms with van der Waals surface area (Å²) in [7, 11) is 0. The highest BCUT2D eigenvalue weighted by atomic mass is 16.3. The Morgan fingerprint density at radius 3 is 2.36 bits per heavy atom. The van der Waals surface area contributed by atoms with Crippen molar-refractivity contribution in [2.45, 2.75) is 37.5 Å².